The van der Waals surface area contributed by atoms with E-state index in [2.05, 4.69) is 25.9 Å². The Kier molecular flexibility index (Phi) is 2.72. The maximum Gasteiger partial charge on any atom is 0.417 e. The molecule has 76 valence electrons. The highest BCUT2D eigenvalue weighted by Crippen LogP contribution is 2.13. The largest absolute Gasteiger partial charge is 0.417 e. The molecule has 5 nitrogen and oxygen atoms in total. The maximum absolute atomic E-state index is 11.5. The van der Waals surface area contributed by atoms with Crippen LogP contribution in [-0.2, 0) is 0 Å². The summed E-state index contributed by atoms with van der Waals surface area (Å²) in [5, 5.41) is 0. The quantitative estimate of drug-likeness (QED) is 0.837. The van der Waals surface area contributed by atoms with Crippen LogP contribution in [0.3, 0.4) is 0 Å². The van der Waals surface area contributed by atoms with Crippen LogP contribution in [0.5, 0.6) is 6.01 Å². The Morgan fingerprint density at radius 1 is 1.57 bits per heavy atom. The van der Waals surface area contributed by atoms with E-state index in [-0.39, 0.29) is 12.1 Å². The van der Waals surface area contributed by atoms with Gasteiger partial charge in [0.15, 0.2) is 0 Å². The van der Waals surface area contributed by atoms with Gasteiger partial charge in [-0.1, -0.05) is 0 Å². The number of likely N-dealkylation sites (tertiary alicyclic amines) is 1. The monoisotopic (exact) mass is 259 g/mol. The first-order valence-electron chi connectivity index (χ1n) is 4.43. The number of imidazole rings is 1. The summed E-state index contributed by atoms with van der Waals surface area (Å²) in [7, 11) is 0. The first-order chi connectivity index (χ1) is 6.75. The van der Waals surface area contributed by atoms with E-state index in [9.17, 15) is 4.79 Å². The molecule has 2 rings (SSSR count). The lowest BCUT2D eigenvalue weighted by Crippen LogP contribution is -2.30. The van der Waals surface area contributed by atoms with Crippen molar-refractivity contribution in [3.63, 3.8) is 0 Å². The minimum absolute atomic E-state index is 0.230. The van der Waals surface area contributed by atoms with Gasteiger partial charge in [-0.3, -0.25) is 0 Å². The second kappa shape index (κ2) is 4.00. The Bertz CT molecular complexity index is 333. The molecule has 0 aliphatic carbocycles. The molecule has 1 aromatic rings. The van der Waals surface area contributed by atoms with Crippen molar-refractivity contribution in [1.82, 2.24) is 14.9 Å². The number of carbonyl (C=O) groups is 1. The van der Waals surface area contributed by atoms with Gasteiger partial charge in [-0.2, -0.15) is 0 Å². The molecule has 1 aromatic heterocycles. The summed E-state index contributed by atoms with van der Waals surface area (Å²) in [6.07, 6.45) is 3.32. The third-order valence-corrected chi connectivity index (χ3v) is 2.47. The van der Waals surface area contributed by atoms with Crippen molar-refractivity contribution in [2.45, 2.75) is 12.8 Å². The van der Waals surface area contributed by atoms with Crippen LogP contribution in [0.25, 0.3) is 0 Å². The molecule has 1 aliphatic heterocycles. The second-order valence-electron chi connectivity index (χ2n) is 3.10. The molecule has 0 atom stereocenters. The molecule has 2 heterocycles. The molecule has 0 radical (unpaired) electrons. The molecule has 0 saturated carbocycles. The standard InChI is InChI=1S/C8H10BrN3O2/c9-6-5-10-7(11-6)14-8(13)12-3-1-2-4-12/h5H,1-4H2,(H,10,11). The second-order valence-corrected chi connectivity index (χ2v) is 3.95. The topological polar surface area (TPSA) is 58.2 Å². The SMILES string of the molecule is O=C(Oc1ncc(Br)[nH]1)N1CCCC1. The Morgan fingerprint density at radius 3 is 2.86 bits per heavy atom. The van der Waals surface area contributed by atoms with Crippen LogP contribution in [0.2, 0.25) is 0 Å². The zero-order valence-corrected chi connectivity index (χ0v) is 9.08. The summed E-state index contributed by atoms with van der Waals surface area (Å²) in [4.78, 5) is 19.8. The lowest BCUT2D eigenvalue weighted by Gasteiger charge is -2.12. The van der Waals surface area contributed by atoms with E-state index < -0.39 is 0 Å². The third kappa shape index (κ3) is 2.06. The molecule has 1 aliphatic rings. The average Bonchev–Trinajstić information content (AvgIpc) is 2.75. The Hall–Kier alpha value is -1.04. The van der Waals surface area contributed by atoms with Crippen LogP contribution in [0.15, 0.2) is 10.8 Å². The lowest BCUT2D eigenvalue weighted by atomic mass is 10.4. The van der Waals surface area contributed by atoms with Gasteiger partial charge in [0, 0.05) is 13.1 Å². The number of aromatic nitrogens is 2. The minimum Gasteiger partial charge on any atom is -0.375 e. The highest BCUT2D eigenvalue weighted by molar-refractivity contribution is 9.10. The van der Waals surface area contributed by atoms with E-state index >= 15 is 0 Å². The van der Waals surface area contributed by atoms with Gasteiger partial charge in [0.25, 0.3) is 0 Å². The predicted molar refractivity (Wildman–Crippen MR) is 53.1 cm³/mol. The van der Waals surface area contributed by atoms with Gasteiger partial charge < -0.3 is 14.6 Å². The van der Waals surface area contributed by atoms with E-state index in [1.54, 1.807) is 11.1 Å². The molecule has 14 heavy (non-hydrogen) atoms. The van der Waals surface area contributed by atoms with Gasteiger partial charge in [-0.15, -0.1) is 0 Å². The van der Waals surface area contributed by atoms with Crippen LogP contribution in [-0.4, -0.2) is 34.1 Å². The summed E-state index contributed by atoms with van der Waals surface area (Å²) >= 11 is 3.18. The van der Waals surface area contributed by atoms with Gasteiger partial charge in [-0.05, 0) is 28.8 Å². The third-order valence-electron chi connectivity index (χ3n) is 2.07. The van der Waals surface area contributed by atoms with Crippen molar-refractivity contribution in [2.24, 2.45) is 0 Å². The van der Waals surface area contributed by atoms with Gasteiger partial charge >= 0.3 is 12.1 Å². The molecule has 0 spiro atoms. The van der Waals surface area contributed by atoms with Crippen molar-refractivity contribution >= 4 is 22.0 Å². The predicted octanol–water partition coefficient (Wildman–Crippen LogP) is 1.77. The van der Waals surface area contributed by atoms with Gasteiger partial charge in [0.1, 0.15) is 4.60 Å². The molecule has 0 aromatic carbocycles. The molecule has 6 heteroatoms. The van der Waals surface area contributed by atoms with Gasteiger partial charge in [0.05, 0.1) is 6.20 Å². The fourth-order valence-corrected chi connectivity index (χ4v) is 1.65. The van der Waals surface area contributed by atoms with Crippen LogP contribution in [0, 0.1) is 0 Å². The van der Waals surface area contributed by atoms with Crippen LogP contribution in [0.4, 0.5) is 4.79 Å². The zero-order valence-electron chi connectivity index (χ0n) is 7.49. The molecular formula is C8H10BrN3O2. The number of nitrogens with zero attached hydrogens (tertiary/aromatic N) is 2. The molecular weight excluding hydrogens is 250 g/mol. The molecule has 0 unspecified atom stereocenters. The summed E-state index contributed by atoms with van der Waals surface area (Å²) in [6.45, 7) is 1.56. The van der Waals surface area contributed by atoms with Crippen molar-refractivity contribution in [3.8, 4) is 6.01 Å². The normalized spacial score (nSPS) is 15.9. The first-order valence-corrected chi connectivity index (χ1v) is 5.22. The maximum atomic E-state index is 11.5. The Labute approximate surface area is 89.6 Å². The molecule has 1 saturated heterocycles. The first kappa shape index (κ1) is 9.51. The zero-order chi connectivity index (χ0) is 9.97. The number of carbonyl (C=O) groups excluding carboxylic acids is 1. The van der Waals surface area contributed by atoms with Crippen LogP contribution >= 0.6 is 15.9 Å². The number of aromatic amines is 1. The molecule has 1 N–H and O–H groups in total. The van der Waals surface area contributed by atoms with E-state index in [0.717, 1.165) is 25.9 Å². The van der Waals surface area contributed by atoms with E-state index in [0.29, 0.717) is 4.60 Å². The van der Waals surface area contributed by atoms with Gasteiger partial charge in [-0.25, -0.2) is 9.78 Å². The Morgan fingerprint density at radius 2 is 2.29 bits per heavy atom. The summed E-state index contributed by atoms with van der Waals surface area (Å²) in [6, 6.07) is 0.230. The minimum atomic E-state index is -0.329. The fraction of sp³-hybridized carbons (Fsp3) is 0.500. The number of H-pyrrole nitrogens is 1. The summed E-state index contributed by atoms with van der Waals surface area (Å²) in [5.41, 5.74) is 0. The van der Waals surface area contributed by atoms with E-state index in [4.69, 9.17) is 4.74 Å². The number of hydrogen-bond acceptors (Lipinski definition) is 3. The highest BCUT2D eigenvalue weighted by Gasteiger charge is 2.20. The van der Waals surface area contributed by atoms with Crippen molar-refractivity contribution in [2.75, 3.05) is 13.1 Å². The van der Waals surface area contributed by atoms with Crippen molar-refractivity contribution < 1.29 is 9.53 Å². The lowest BCUT2D eigenvalue weighted by molar-refractivity contribution is 0.159. The number of nitrogens with one attached hydrogen (secondary N) is 1. The van der Waals surface area contributed by atoms with E-state index in [1.807, 2.05) is 0 Å². The number of rotatable bonds is 1. The van der Waals surface area contributed by atoms with E-state index in [1.165, 1.54) is 0 Å². The van der Waals surface area contributed by atoms with Crippen LogP contribution in [0.1, 0.15) is 12.8 Å². The van der Waals surface area contributed by atoms with Crippen LogP contribution < -0.4 is 4.74 Å². The number of hydrogen-bond donors (Lipinski definition) is 1. The molecule has 1 amide bonds. The fourth-order valence-electron chi connectivity index (χ4n) is 1.38. The Balaban J connectivity index is 1.93. The number of amides is 1. The summed E-state index contributed by atoms with van der Waals surface area (Å²) in [5.74, 6) is 0. The number of ether oxygens (including phenoxy) is 1. The smallest absolute Gasteiger partial charge is 0.375 e. The number of halogens is 1. The summed E-state index contributed by atoms with van der Waals surface area (Å²) < 4.78 is 5.71. The van der Waals surface area contributed by atoms with Crippen molar-refractivity contribution in [3.05, 3.63) is 10.8 Å². The highest BCUT2D eigenvalue weighted by atomic mass is 79.9. The van der Waals surface area contributed by atoms with Crippen molar-refractivity contribution in [1.29, 1.82) is 0 Å². The molecule has 1 fully saturated rings. The molecule has 0 bridgehead atoms. The van der Waals surface area contributed by atoms with Gasteiger partial charge in [0.2, 0.25) is 0 Å². The average molecular weight is 260 g/mol.